The molecular weight excluding hydrogens is 383 g/mol. The first-order chi connectivity index (χ1) is 14.5. The molecule has 30 heavy (non-hydrogen) atoms. The Hall–Kier alpha value is -4.32. The van der Waals surface area contributed by atoms with Crippen LogP contribution in [0.5, 0.6) is 0 Å². The van der Waals surface area contributed by atoms with Gasteiger partial charge in [0.05, 0.1) is 11.0 Å². The lowest BCUT2D eigenvalue weighted by atomic mass is 10.0. The van der Waals surface area contributed by atoms with Crippen LogP contribution in [0.1, 0.15) is 17.4 Å². The third-order valence-corrected chi connectivity index (χ3v) is 4.78. The fraction of sp³-hybridized carbons (Fsp3) is 0.0952. The molecule has 4 rings (SSSR count). The van der Waals surface area contributed by atoms with Gasteiger partial charge in [0, 0.05) is 25.0 Å². The molecule has 0 saturated heterocycles. The lowest BCUT2D eigenvalue weighted by Gasteiger charge is -2.17. The summed E-state index contributed by atoms with van der Waals surface area (Å²) in [5, 5.41) is 12.5. The number of fused-ring (bicyclic) bond motifs is 1. The number of benzene rings is 1. The molecule has 148 valence electrons. The molecule has 0 amide bonds. The maximum absolute atomic E-state index is 14.8. The summed E-state index contributed by atoms with van der Waals surface area (Å²) in [7, 11) is 1.80. The van der Waals surface area contributed by atoms with Crippen molar-refractivity contribution in [2.24, 2.45) is 7.05 Å². The van der Waals surface area contributed by atoms with Gasteiger partial charge in [-0.1, -0.05) is 6.08 Å². The van der Waals surface area contributed by atoms with Gasteiger partial charge >= 0.3 is 0 Å². The number of halogens is 1. The molecule has 9 heteroatoms. The molecule has 0 aliphatic heterocycles. The van der Waals surface area contributed by atoms with Gasteiger partial charge in [0.25, 0.3) is 0 Å². The fourth-order valence-corrected chi connectivity index (χ4v) is 3.36. The van der Waals surface area contributed by atoms with E-state index in [1.807, 2.05) is 6.07 Å². The molecule has 3 aromatic heterocycles. The summed E-state index contributed by atoms with van der Waals surface area (Å²) in [4.78, 5) is 16.6. The van der Waals surface area contributed by atoms with Crippen molar-refractivity contribution < 1.29 is 4.39 Å². The van der Waals surface area contributed by atoms with Crippen LogP contribution >= 0.6 is 0 Å². The molecule has 1 aromatic carbocycles. The molecule has 1 unspecified atom stereocenters. The third kappa shape index (κ3) is 3.10. The van der Waals surface area contributed by atoms with Crippen LogP contribution in [0.2, 0.25) is 0 Å². The number of aryl methyl sites for hydroxylation is 1. The zero-order valence-corrected chi connectivity index (χ0v) is 16.0. The molecule has 3 heterocycles. The first-order valence-corrected chi connectivity index (χ1v) is 9.00. The topological polar surface area (TPSA) is 118 Å². The highest BCUT2D eigenvalue weighted by atomic mass is 19.1. The number of pyridine rings is 1. The van der Waals surface area contributed by atoms with Gasteiger partial charge in [0.15, 0.2) is 0 Å². The van der Waals surface area contributed by atoms with E-state index in [1.165, 1.54) is 12.4 Å². The van der Waals surface area contributed by atoms with Gasteiger partial charge in [-0.2, -0.15) is 5.26 Å². The average molecular weight is 400 g/mol. The fourth-order valence-electron chi connectivity index (χ4n) is 3.36. The summed E-state index contributed by atoms with van der Waals surface area (Å²) < 4.78 is 16.6. The number of imidazole rings is 1. The molecule has 0 bridgehead atoms. The lowest BCUT2D eigenvalue weighted by Crippen LogP contribution is -2.15. The highest BCUT2D eigenvalue weighted by Gasteiger charge is 2.22. The predicted molar refractivity (Wildman–Crippen MR) is 112 cm³/mol. The SMILES string of the molecule is C=CC(Nc1ncnc(N)c1C#N)c1nc2ccc(F)c(-c3ccncc3)c2n1C. The Morgan fingerprint density at radius 3 is 2.73 bits per heavy atom. The number of nitrogens with zero attached hydrogens (tertiary/aromatic N) is 6. The average Bonchev–Trinajstić information content (AvgIpc) is 3.09. The van der Waals surface area contributed by atoms with Crippen LogP contribution in [0, 0.1) is 17.1 Å². The number of rotatable bonds is 5. The minimum atomic E-state index is -0.517. The summed E-state index contributed by atoms with van der Waals surface area (Å²) in [5.41, 5.74) is 8.29. The summed E-state index contributed by atoms with van der Waals surface area (Å²) in [5.74, 6) is 0.552. The van der Waals surface area contributed by atoms with Gasteiger partial charge in [-0.25, -0.2) is 19.3 Å². The van der Waals surface area contributed by atoms with Crippen LogP contribution in [0.3, 0.4) is 0 Å². The smallest absolute Gasteiger partial charge is 0.150 e. The molecule has 0 radical (unpaired) electrons. The normalized spacial score (nSPS) is 11.8. The second-order valence-corrected chi connectivity index (χ2v) is 6.51. The number of aromatic nitrogens is 5. The van der Waals surface area contributed by atoms with E-state index in [-0.39, 0.29) is 23.0 Å². The maximum atomic E-state index is 14.8. The van der Waals surface area contributed by atoms with Crippen molar-refractivity contribution in [1.82, 2.24) is 24.5 Å². The zero-order valence-electron chi connectivity index (χ0n) is 16.0. The van der Waals surface area contributed by atoms with E-state index in [2.05, 4.69) is 31.8 Å². The number of nitrogen functional groups attached to an aromatic ring is 1. The molecule has 3 N–H and O–H groups in total. The number of nitrogens with two attached hydrogens (primary N) is 1. The number of nitriles is 1. The largest absolute Gasteiger partial charge is 0.382 e. The van der Waals surface area contributed by atoms with Gasteiger partial charge in [-0.3, -0.25) is 4.98 Å². The number of hydrogen-bond donors (Lipinski definition) is 2. The maximum Gasteiger partial charge on any atom is 0.150 e. The summed E-state index contributed by atoms with van der Waals surface area (Å²) in [6.45, 7) is 3.87. The lowest BCUT2D eigenvalue weighted by molar-refractivity contribution is 0.632. The van der Waals surface area contributed by atoms with E-state index >= 15 is 0 Å². The number of hydrogen-bond acceptors (Lipinski definition) is 7. The van der Waals surface area contributed by atoms with Crippen molar-refractivity contribution in [3.8, 4) is 17.2 Å². The van der Waals surface area contributed by atoms with E-state index < -0.39 is 6.04 Å². The van der Waals surface area contributed by atoms with Gasteiger partial charge in [0.2, 0.25) is 0 Å². The molecule has 8 nitrogen and oxygen atoms in total. The van der Waals surface area contributed by atoms with Crippen molar-refractivity contribution in [3.05, 3.63) is 72.8 Å². The molecule has 4 aromatic rings. The third-order valence-electron chi connectivity index (χ3n) is 4.78. The molecule has 0 aliphatic rings. The van der Waals surface area contributed by atoms with Crippen LogP contribution in [0.4, 0.5) is 16.0 Å². The second kappa shape index (κ2) is 7.60. The van der Waals surface area contributed by atoms with Crippen LogP contribution in [-0.4, -0.2) is 24.5 Å². The van der Waals surface area contributed by atoms with E-state index in [1.54, 1.807) is 48.3 Å². The summed E-state index contributed by atoms with van der Waals surface area (Å²) in [6.07, 6.45) is 6.12. The van der Waals surface area contributed by atoms with Crippen molar-refractivity contribution in [2.45, 2.75) is 6.04 Å². The highest BCUT2D eigenvalue weighted by Crippen LogP contribution is 2.33. The summed E-state index contributed by atoms with van der Waals surface area (Å²) in [6, 6.07) is 7.99. The van der Waals surface area contributed by atoms with Gasteiger partial charge < -0.3 is 15.6 Å². The van der Waals surface area contributed by atoms with E-state index in [9.17, 15) is 9.65 Å². The van der Waals surface area contributed by atoms with Gasteiger partial charge in [0.1, 0.15) is 47.3 Å². The minimum absolute atomic E-state index is 0.0739. The summed E-state index contributed by atoms with van der Waals surface area (Å²) >= 11 is 0. The van der Waals surface area contributed by atoms with E-state index in [4.69, 9.17) is 5.73 Å². The molecule has 0 aliphatic carbocycles. The number of nitrogens with one attached hydrogen (secondary N) is 1. The Balaban J connectivity index is 1.86. The predicted octanol–water partition coefficient (Wildman–Crippen LogP) is 3.36. The Morgan fingerprint density at radius 1 is 1.27 bits per heavy atom. The Kier molecular flexibility index (Phi) is 4.82. The first-order valence-electron chi connectivity index (χ1n) is 9.00. The van der Waals surface area contributed by atoms with Crippen molar-refractivity contribution in [3.63, 3.8) is 0 Å². The van der Waals surface area contributed by atoms with Crippen LogP contribution in [0.25, 0.3) is 22.2 Å². The van der Waals surface area contributed by atoms with Crippen molar-refractivity contribution >= 4 is 22.7 Å². The van der Waals surface area contributed by atoms with Crippen LogP contribution in [0.15, 0.2) is 55.6 Å². The monoisotopic (exact) mass is 400 g/mol. The first kappa shape index (κ1) is 19.0. The zero-order chi connectivity index (χ0) is 21.3. The number of anilines is 2. The van der Waals surface area contributed by atoms with Gasteiger partial charge in [-0.05, 0) is 29.8 Å². The molecule has 0 spiro atoms. The molecule has 0 fully saturated rings. The van der Waals surface area contributed by atoms with E-state index in [0.717, 1.165) is 0 Å². The van der Waals surface area contributed by atoms with Gasteiger partial charge in [-0.15, -0.1) is 6.58 Å². The second-order valence-electron chi connectivity index (χ2n) is 6.51. The quantitative estimate of drug-likeness (QED) is 0.493. The van der Waals surface area contributed by atoms with Crippen LogP contribution in [-0.2, 0) is 7.05 Å². The minimum Gasteiger partial charge on any atom is -0.382 e. The molecular formula is C21H17FN8. The Bertz CT molecular complexity index is 1290. The van der Waals surface area contributed by atoms with Crippen molar-refractivity contribution in [2.75, 3.05) is 11.1 Å². The highest BCUT2D eigenvalue weighted by molar-refractivity contribution is 5.93. The standard InChI is InChI=1S/C21H17FN8/c1-3-15(28-20-13(10-23)19(24)26-11-27-20)21-29-16-5-4-14(22)17(18(16)30(21)2)12-6-8-25-9-7-12/h3-9,11,15H,1H2,2H3,(H3,24,26,27,28). The van der Waals surface area contributed by atoms with E-state index in [0.29, 0.717) is 28.0 Å². The van der Waals surface area contributed by atoms with Crippen LogP contribution < -0.4 is 11.1 Å². The Labute approximate surface area is 171 Å². The Morgan fingerprint density at radius 2 is 2.03 bits per heavy atom. The molecule has 0 saturated carbocycles. The van der Waals surface area contributed by atoms with Crippen molar-refractivity contribution in [1.29, 1.82) is 5.26 Å². The molecule has 1 atom stereocenters.